The van der Waals surface area contributed by atoms with Crippen LogP contribution in [-0.2, 0) is 20.1 Å². The van der Waals surface area contributed by atoms with Crippen molar-refractivity contribution in [3.8, 4) is 11.5 Å². The Hall–Kier alpha value is -3.32. The summed E-state index contributed by atoms with van der Waals surface area (Å²) in [5.41, 5.74) is 4.05. The van der Waals surface area contributed by atoms with Crippen LogP contribution in [0.15, 0.2) is 36.7 Å². The second-order valence-corrected chi connectivity index (χ2v) is 8.61. The summed E-state index contributed by atoms with van der Waals surface area (Å²) < 4.78 is 28.5. The highest BCUT2D eigenvalue weighted by Crippen LogP contribution is 2.33. The maximum atomic E-state index is 15.1. The molecule has 3 heterocycles. The molecular weight excluding hydrogens is 455 g/mol. The molecule has 0 radical (unpaired) electrons. The van der Waals surface area contributed by atoms with Crippen molar-refractivity contribution in [3.05, 3.63) is 75.8 Å². The van der Waals surface area contributed by atoms with Gasteiger partial charge in [0, 0.05) is 37.3 Å². The third kappa shape index (κ3) is 4.94. The maximum absolute atomic E-state index is 15.1. The number of hydrogen-bond donors (Lipinski definition) is 1. The summed E-state index contributed by atoms with van der Waals surface area (Å²) in [6.45, 7) is 4.31. The van der Waals surface area contributed by atoms with Crippen molar-refractivity contribution in [3.63, 3.8) is 0 Å². The van der Waals surface area contributed by atoms with E-state index in [2.05, 4.69) is 34.0 Å². The van der Waals surface area contributed by atoms with E-state index in [-0.39, 0.29) is 12.4 Å². The molecule has 3 aromatic heterocycles. The maximum Gasteiger partial charge on any atom is 0.164 e. The minimum absolute atomic E-state index is 0.195. The van der Waals surface area contributed by atoms with E-state index in [1.165, 1.54) is 6.07 Å². The van der Waals surface area contributed by atoms with Gasteiger partial charge in [0.15, 0.2) is 11.5 Å². The van der Waals surface area contributed by atoms with Gasteiger partial charge in [-0.25, -0.2) is 14.4 Å². The Labute approximate surface area is 203 Å². The summed E-state index contributed by atoms with van der Waals surface area (Å²) in [5, 5.41) is 1.39. The number of imidazole rings is 1. The lowest BCUT2D eigenvalue weighted by molar-refractivity contribution is 0.271. The summed E-state index contributed by atoms with van der Waals surface area (Å²) in [7, 11) is 3.49. The van der Waals surface area contributed by atoms with Gasteiger partial charge in [-0.2, -0.15) is 0 Å². The molecule has 0 atom stereocenters. The van der Waals surface area contributed by atoms with Crippen molar-refractivity contribution in [1.29, 1.82) is 0 Å². The number of aromatic nitrogens is 4. The van der Waals surface area contributed by atoms with Gasteiger partial charge in [0.05, 0.1) is 23.5 Å². The molecule has 0 saturated heterocycles. The Kier molecular flexibility index (Phi) is 7.22. The van der Waals surface area contributed by atoms with Gasteiger partial charge in [-0.15, -0.1) is 0 Å². The summed E-state index contributed by atoms with van der Waals surface area (Å²) in [5.74, 6) is 1.17. The van der Waals surface area contributed by atoms with Crippen molar-refractivity contribution >= 4 is 28.7 Å². The molecule has 0 spiro atoms. The van der Waals surface area contributed by atoms with Crippen LogP contribution in [0, 0.1) is 12.7 Å². The molecule has 0 aliphatic heterocycles. The number of benzene rings is 1. The Morgan fingerprint density at radius 1 is 1.21 bits per heavy atom. The fourth-order valence-corrected chi connectivity index (χ4v) is 4.10. The minimum atomic E-state index is -0.376. The van der Waals surface area contributed by atoms with Crippen LogP contribution in [0.25, 0.3) is 17.1 Å². The van der Waals surface area contributed by atoms with Crippen LogP contribution in [0.3, 0.4) is 0 Å². The lowest BCUT2D eigenvalue weighted by Gasteiger charge is -2.13. The normalized spacial score (nSPS) is 11.6. The Morgan fingerprint density at radius 3 is 2.79 bits per heavy atom. The fourth-order valence-electron chi connectivity index (χ4n) is 3.94. The van der Waals surface area contributed by atoms with E-state index in [9.17, 15) is 0 Å². The lowest BCUT2D eigenvalue weighted by atomic mass is 10.0. The lowest BCUT2D eigenvalue weighted by Crippen LogP contribution is -2.06. The topological polar surface area (TPSA) is 65.0 Å². The first-order valence-electron chi connectivity index (χ1n) is 11.2. The number of nitrogens with zero attached hydrogens (tertiary/aromatic N) is 3. The number of fused-ring (bicyclic) bond motifs is 1. The van der Waals surface area contributed by atoms with Crippen LogP contribution >= 0.6 is 11.6 Å². The average molecular weight is 483 g/mol. The third-order valence-electron chi connectivity index (χ3n) is 5.80. The monoisotopic (exact) mass is 482 g/mol. The molecule has 0 bridgehead atoms. The molecule has 34 heavy (non-hydrogen) atoms. The van der Waals surface area contributed by atoms with Gasteiger partial charge in [0.25, 0.3) is 0 Å². The number of pyridine rings is 1. The summed E-state index contributed by atoms with van der Waals surface area (Å²) >= 11 is 6.09. The fraction of sp³-hybridized carbons (Fsp3) is 0.308. The van der Waals surface area contributed by atoms with Crippen LogP contribution < -0.4 is 9.47 Å². The first-order valence-corrected chi connectivity index (χ1v) is 11.6. The van der Waals surface area contributed by atoms with Crippen molar-refractivity contribution in [2.45, 2.75) is 39.7 Å². The zero-order chi connectivity index (χ0) is 24.2. The smallest absolute Gasteiger partial charge is 0.164 e. The number of halogens is 2. The first kappa shape index (κ1) is 23.8. The van der Waals surface area contributed by atoms with E-state index in [1.54, 1.807) is 19.4 Å². The largest absolute Gasteiger partial charge is 0.493 e. The number of nitrogens with one attached hydrogen (secondary N) is 1. The van der Waals surface area contributed by atoms with Crippen LogP contribution in [0.5, 0.6) is 11.5 Å². The second kappa shape index (κ2) is 10.3. The molecule has 0 aliphatic rings. The van der Waals surface area contributed by atoms with Crippen molar-refractivity contribution in [2.75, 3.05) is 7.11 Å². The van der Waals surface area contributed by atoms with E-state index in [1.807, 2.05) is 30.8 Å². The summed E-state index contributed by atoms with van der Waals surface area (Å²) in [4.78, 5) is 12.0. The molecule has 4 aromatic rings. The quantitative estimate of drug-likeness (QED) is 0.300. The molecular formula is C26H28ClFN4O2. The van der Waals surface area contributed by atoms with E-state index in [4.69, 9.17) is 21.1 Å². The van der Waals surface area contributed by atoms with Crippen LogP contribution in [0.2, 0.25) is 5.02 Å². The van der Waals surface area contributed by atoms with Gasteiger partial charge in [0.1, 0.15) is 23.9 Å². The van der Waals surface area contributed by atoms with Gasteiger partial charge in [-0.1, -0.05) is 31.0 Å². The molecule has 1 aromatic carbocycles. The highest BCUT2D eigenvalue weighted by molar-refractivity contribution is 6.31. The van der Waals surface area contributed by atoms with E-state index in [0.717, 1.165) is 41.0 Å². The molecule has 0 aliphatic carbocycles. The highest BCUT2D eigenvalue weighted by Gasteiger charge is 2.16. The molecule has 1 N–H and O–H groups in total. The number of aryl methyl sites for hydroxylation is 1. The number of rotatable bonds is 9. The zero-order valence-electron chi connectivity index (χ0n) is 19.8. The standard InChI is InChI=1S/C26H28ClFN4O2/c1-5-6-7-8-22-16(2)31-25(32(22)3)15-34-24-12-21(28)17(10-23(24)33-4)9-18-13-29-26-20(18)11-19(27)14-30-26/h7-8,10-14H,5-6,9,15H2,1-4H3,(H,29,30)/b8-7-. The predicted octanol–water partition coefficient (Wildman–Crippen LogP) is 6.39. The van der Waals surface area contributed by atoms with Gasteiger partial charge >= 0.3 is 0 Å². The third-order valence-corrected chi connectivity index (χ3v) is 6.01. The highest BCUT2D eigenvalue weighted by atomic mass is 35.5. The van der Waals surface area contributed by atoms with Gasteiger partial charge in [0.2, 0.25) is 0 Å². The average Bonchev–Trinajstić information content (AvgIpc) is 3.33. The predicted molar refractivity (Wildman–Crippen MR) is 133 cm³/mol. The molecule has 8 heteroatoms. The molecule has 0 amide bonds. The Morgan fingerprint density at radius 2 is 2.03 bits per heavy atom. The van der Waals surface area contributed by atoms with Crippen molar-refractivity contribution in [1.82, 2.24) is 19.5 Å². The van der Waals surface area contributed by atoms with Crippen LogP contribution in [0.4, 0.5) is 4.39 Å². The van der Waals surface area contributed by atoms with Gasteiger partial charge in [-0.3, -0.25) is 0 Å². The summed E-state index contributed by atoms with van der Waals surface area (Å²) in [6, 6.07) is 4.86. The Balaban J connectivity index is 1.55. The summed E-state index contributed by atoms with van der Waals surface area (Å²) in [6.07, 6.45) is 10.1. The molecule has 0 fully saturated rings. The van der Waals surface area contributed by atoms with Crippen LogP contribution in [-0.4, -0.2) is 26.6 Å². The second-order valence-electron chi connectivity index (χ2n) is 8.17. The minimum Gasteiger partial charge on any atom is -0.493 e. The van der Waals surface area contributed by atoms with Crippen molar-refractivity contribution < 1.29 is 13.9 Å². The molecule has 4 rings (SSSR count). The van der Waals surface area contributed by atoms with E-state index >= 15 is 4.39 Å². The van der Waals surface area contributed by atoms with Crippen molar-refractivity contribution in [2.24, 2.45) is 7.05 Å². The molecule has 6 nitrogen and oxygen atoms in total. The number of methoxy groups -OCH3 is 1. The van der Waals surface area contributed by atoms with Crippen LogP contribution in [0.1, 0.15) is 48.1 Å². The molecule has 0 unspecified atom stereocenters. The SMILES string of the molecule is CCC/C=C\c1c(C)nc(COc2cc(F)c(Cc3c[nH]c4ncc(Cl)cc34)cc2OC)n1C. The first-order chi connectivity index (χ1) is 16.4. The van der Waals surface area contributed by atoms with E-state index in [0.29, 0.717) is 34.2 Å². The molecule has 178 valence electrons. The zero-order valence-corrected chi connectivity index (χ0v) is 20.5. The number of aromatic amines is 1. The number of hydrogen-bond acceptors (Lipinski definition) is 4. The number of allylic oxidation sites excluding steroid dienone is 1. The van der Waals surface area contributed by atoms with Gasteiger partial charge in [-0.05, 0) is 42.7 Å². The number of H-pyrrole nitrogens is 1. The molecule has 0 saturated carbocycles. The Bertz CT molecular complexity index is 1340. The number of unbranched alkanes of at least 4 members (excludes halogenated alkanes) is 1. The number of ether oxygens (including phenoxy) is 2. The van der Waals surface area contributed by atoms with E-state index < -0.39 is 0 Å². The van der Waals surface area contributed by atoms with Gasteiger partial charge < -0.3 is 19.0 Å².